The maximum atomic E-state index is 3.67. The summed E-state index contributed by atoms with van der Waals surface area (Å²) in [4.78, 5) is 0. The molecule has 0 N–H and O–H groups in total. The molecule has 0 bridgehead atoms. The normalized spacial score (nSPS) is 15.7. The van der Waals surface area contributed by atoms with Gasteiger partial charge in [0.15, 0.2) is 0 Å². The monoisotopic (exact) mass is 672 g/mol. The fourth-order valence-corrected chi connectivity index (χ4v) is 8.62. The van der Waals surface area contributed by atoms with E-state index in [0.717, 1.165) is 6.42 Å². The van der Waals surface area contributed by atoms with Gasteiger partial charge >= 0.3 is 86.7 Å². The molecule has 0 saturated carbocycles. The Bertz CT molecular complexity index is 1650. The van der Waals surface area contributed by atoms with E-state index in [1.807, 2.05) is 0 Å². The Morgan fingerprint density at radius 3 is 2.05 bits per heavy atom. The van der Waals surface area contributed by atoms with Crippen molar-refractivity contribution in [1.82, 2.24) is 0 Å². The molecule has 0 saturated heterocycles. The van der Waals surface area contributed by atoms with Gasteiger partial charge in [-0.3, -0.25) is 6.08 Å². The number of fused-ring (bicyclic) bond motifs is 4. The van der Waals surface area contributed by atoms with Crippen LogP contribution in [0.5, 0.6) is 0 Å². The molecule has 0 amide bonds. The van der Waals surface area contributed by atoms with Crippen LogP contribution in [-0.4, -0.2) is 11.8 Å². The fourth-order valence-electron chi connectivity index (χ4n) is 6.05. The first-order valence-electron chi connectivity index (χ1n) is 16.0. The van der Waals surface area contributed by atoms with Gasteiger partial charge in [0.25, 0.3) is 0 Å². The van der Waals surface area contributed by atoms with Crippen molar-refractivity contribution in [3.63, 3.8) is 0 Å². The van der Waals surface area contributed by atoms with Gasteiger partial charge in [-0.2, -0.15) is 29.8 Å². The van der Waals surface area contributed by atoms with Crippen LogP contribution in [0.2, 0.25) is 19.6 Å². The third-order valence-corrected chi connectivity index (χ3v) is 11.4. The molecule has 0 heterocycles. The second kappa shape index (κ2) is 13.5. The van der Waals surface area contributed by atoms with Gasteiger partial charge in [0, 0.05) is 0 Å². The van der Waals surface area contributed by atoms with Crippen molar-refractivity contribution in [2.45, 2.75) is 92.3 Å². The quantitative estimate of drug-likeness (QED) is 0.129. The van der Waals surface area contributed by atoms with Crippen molar-refractivity contribution in [1.29, 1.82) is 0 Å². The Kier molecular flexibility index (Phi) is 10.6. The van der Waals surface area contributed by atoms with Crippen molar-refractivity contribution in [2.75, 3.05) is 0 Å². The summed E-state index contributed by atoms with van der Waals surface area (Å²) in [5.74, 6) is 0.553. The Morgan fingerprint density at radius 2 is 1.48 bits per heavy atom. The predicted molar refractivity (Wildman–Crippen MR) is 193 cm³/mol. The van der Waals surface area contributed by atoms with Crippen LogP contribution in [-0.2, 0) is 41.5 Å². The molecule has 1 unspecified atom stereocenters. The van der Waals surface area contributed by atoms with Gasteiger partial charge in [0.2, 0.25) is 0 Å². The Balaban J connectivity index is 0.000000164. The maximum absolute atomic E-state index is 3.67. The van der Waals surface area contributed by atoms with Crippen molar-refractivity contribution in [3.8, 4) is 11.1 Å². The van der Waals surface area contributed by atoms with Gasteiger partial charge in [-0.05, 0) is 36.5 Å². The van der Waals surface area contributed by atoms with Crippen LogP contribution >= 0.6 is 0 Å². The zero-order valence-electron chi connectivity index (χ0n) is 28.9. The number of hydrogen-bond acceptors (Lipinski definition) is 0. The second-order valence-corrected chi connectivity index (χ2v) is 21.2. The molecule has 2 aliphatic rings. The van der Waals surface area contributed by atoms with Crippen molar-refractivity contribution >= 4 is 22.6 Å². The third-order valence-electron chi connectivity index (χ3n) is 8.52. The first kappa shape index (κ1) is 34.5. The number of allylic oxidation sites excluding steroid dienone is 4. The summed E-state index contributed by atoms with van der Waals surface area (Å²) in [6.07, 6.45) is 6.83. The van der Waals surface area contributed by atoms with E-state index in [1.54, 1.807) is 5.20 Å². The van der Waals surface area contributed by atoms with Crippen LogP contribution in [0.4, 0.5) is 0 Å². The third kappa shape index (κ3) is 8.24. The average molecular weight is 674 g/mol. The van der Waals surface area contributed by atoms with Gasteiger partial charge in [-0.15, -0.1) is 11.1 Å². The van der Waals surface area contributed by atoms with Crippen LogP contribution in [0.1, 0.15) is 83.2 Å². The Hall–Kier alpha value is -2.41. The zero-order chi connectivity index (χ0) is 32.4. The average Bonchev–Trinajstić information content (AvgIpc) is 3.50. The van der Waals surface area contributed by atoms with Crippen molar-refractivity contribution in [2.24, 2.45) is 5.92 Å². The van der Waals surface area contributed by atoms with Gasteiger partial charge in [-0.25, -0.2) is 10.8 Å². The number of benzene rings is 4. The summed E-state index contributed by atoms with van der Waals surface area (Å²) in [5, 5.41) is 4.29. The number of hydrogen-bond donors (Lipinski definition) is 0. The predicted octanol–water partition coefficient (Wildman–Crippen LogP) is 11.4. The molecule has 0 aliphatic heterocycles. The van der Waals surface area contributed by atoms with Crippen molar-refractivity contribution < 1.29 is 24.2 Å². The molecule has 1 atom stereocenters. The molecule has 0 spiro atoms. The summed E-state index contributed by atoms with van der Waals surface area (Å²) in [5.41, 5.74) is 11.5. The van der Waals surface area contributed by atoms with Gasteiger partial charge in [-0.1, -0.05) is 105 Å². The molecule has 4 aromatic rings. The number of rotatable bonds is 2. The van der Waals surface area contributed by atoms with Crippen LogP contribution in [0.3, 0.4) is 0 Å². The van der Waals surface area contributed by atoms with Gasteiger partial charge < -0.3 is 0 Å². The van der Waals surface area contributed by atoms with E-state index >= 15 is 0 Å². The molecule has 4 aromatic carbocycles. The summed E-state index contributed by atoms with van der Waals surface area (Å²) < 4.78 is 2.23. The SMILES string of the molecule is CC(C)(C)c1[c-]c2c(cc1)-c1ccc(C(C)(C)C)cc1C2.CC1=[C-]C(C)C=C1[Si](C)(C)C.[Zr+2]=[CH]c1cccc2ccccc12. The molecular weight excluding hydrogens is 624 g/mol. The van der Waals surface area contributed by atoms with Crippen LogP contribution in [0.15, 0.2) is 89.6 Å². The minimum atomic E-state index is -1.07. The fraction of sp³-hybridized carbons (Fsp3) is 0.357. The molecular formula is C42H50SiZr. The zero-order valence-corrected chi connectivity index (χ0v) is 32.3. The molecule has 2 heteroatoms. The second-order valence-electron chi connectivity index (χ2n) is 15.4. The van der Waals surface area contributed by atoms with E-state index in [2.05, 4.69) is 170 Å². The molecule has 0 radical (unpaired) electrons. The first-order valence-corrected chi connectivity index (χ1v) is 20.9. The molecule has 44 heavy (non-hydrogen) atoms. The summed E-state index contributed by atoms with van der Waals surface area (Å²) in [6.45, 7) is 25.2. The van der Waals surface area contributed by atoms with Crippen LogP contribution < -0.4 is 0 Å². The van der Waals surface area contributed by atoms with Gasteiger partial charge in [0.1, 0.15) is 0 Å². The summed E-state index contributed by atoms with van der Waals surface area (Å²) in [6, 6.07) is 30.1. The van der Waals surface area contributed by atoms with E-state index in [-0.39, 0.29) is 10.8 Å². The van der Waals surface area contributed by atoms with E-state index in [9.17, 15) is 0 Å². The van der Waals surface area contributed by atoms with E-state index in [1.165, 1.54) is 79.5 Å². The standard InChI is InChI=1S/C21H25.C11H8.C10H17Si.Zr/c1-20(2,3)16-7-9-18-14(12-16)11-15-13-17(21(4,5)6)8-10-19(15)18;1-9-5-4-7-10-6-2-3-8-11(9)10;1-8-6-9(2)10(7-8)11(3,4)5;/h7-10,12H,11H2,1-6H3;1-8H;7-8H,1-5H3;/q-1;;-1;+2. The van der Waals surface area contributed by atoms with E-state index < -0.39 is 8.07 Å². The molecule has 0 aromatic heterocycles. The van der Waals surface area contributed by atoms with Crippen molar-refractivity contribution in [3.05, 3.63) is 130 Å². The summed E-state index contributed by atoms with van der Waals surface area (Å²) >= 11 is 1.46. The van der Waals surface area contributed by atoms with Crippen LogP contribution in [0, 0.1) is 18.1 Å². The van der Waals surface area contributed by atoms with Gasteiger partial charge in [0.05, 0.1) is 0 Å². The topological polar surface area (TPSA) is 0 Å². The molecule has 6 rings (SSSR count). The minimum absolute atomic E-state index is 0.167. The Morgan fingerprint density at radius 1 is 0.818 bits per heavy atom. The van der Waals surface area contributed by atoms with E-state index in [4.69, 9.17) is 0 Å². The molecule has 2 aliphatic carbocycles. The molecule has 226 valence electrons. The molecule has 0 nitrogen and oxygen atoms in total. The Labute approximate surface area is 284 Å². The summed E-state index contributed by atoms with van der Waals surface area (Å²) in [7, 11) is -1.07. The molecule has 0 fully saturated rings. The van der Waals surface area contributed by atoms with Crippen LogP contribution in [0.25, 0.3) is 21.9 Å². The van der Waals surface area contributed by atoms with E-state index in [0.29, 0.717) is 5.92 Å². The first-order chi connectivity index (χ1) is 20.5.